The van der Waals surface area contributed by atoms with E-state index in [0.717, 1.165) is 39.0 Å². The van der Waals surface area contributed by atoms with Crippen LogP contribution in [0.2, 0.25) is 0 Å². The van der Waals surface area contributed by atoms with Crippen molar-refractivity contribution in [2.45, 2.75) is 19.3 Å². The Hall–Kier alpha value is -6.07. The Labute approximate surface area is 273 Å². The summed E-state index contributed by atoms with van der Waals surface area (Å²) in [4.78, 5) is 17.1. The highest BCUT2D eigenvalue weighted by atomic mass is 15.3. The monoisotopic (exact) mass is 605 g/mol. The van der Waals surface area contributed by atoms with Crippen molar-refractivity contribution in [2.75, 3.05) is 4.90 Å². The van der Waals surface area contributed by atoms with Crippen molar-refractivity contribution in [1.29, 1.82) is 0 Å². The van der Waals surface area contributed by atoms with Gasteiger partial charge in [0.1, 0.15) is 0 Å². The van der Waals surface area contributed by atoms with Crippen LogP contribution in [0.5, 0.6) is 0 Å². The van der Waals surface area contributed by atoms with Crippen LogP contribution < -0.4 is 4.90 Å². The van der Waals surface area contributed by atoms with E-state index in [-0.39, 0.29) is 0 Å². The third kappa shape index (κ3) is 3.99. The van der Waals surface area contributed by atoms with Crippen LogP contribution in [0.4, 0.5) is 17.3 Å². The number of benzene rings is 5. The highest BCUT2D eigenvalue weighted by Gasteiger charge is 2.47. The largest absolute Gasteiger partial charge is 0.305 e. The van der Waals surface area contributed by atoms with Crippen LogP contribution in [-0.4, -0.2) is 19.5 Å². The number of para-hydroxylation sites is 1. The van der Waals surface area contributed by atoms with E-state index in [1.807, 2.05) is 24.7 Å². The quantitative estimate of drug-likeness (QED) is 0.200. The van der Waals surface area contributed by atoms with Crippen LogP contribution in [0, 0.1) is 13.8 Å². The number of anilines is 3. The van der Waals surface area contributed by atoms with Gasteiger partial charge >= 0.3 is 0 Å². The minimum Gasteiger partial charge on any atom is -0.305 e. The maximum absolute atomic E-state index is 5.08. The molecule has 0 aliphatic carbocycles. The van der Waals surface area contributed by atoms with Gasteiger partial charge in [0.2, 0.25) is 5.95 Å². The summed E-state index contributed by atoms with van der Waals surface area (Å²) < 4.78 is 2.20. The highest BCUT2D eigenvalue weighted by molar-refractivity contribution is 6.06. The number of hydrogen-bond acceptors (Lipinski definition) is 4. The molecule has 0 bridgehead atoms. The standard InChI is InChI=1S/C42H31N5/c1-28-19-21-37-34(24-28)42(30-12-5-3-6-13-30,31-14-7-4-8-15-31)35-25-29(2)20-22-38(35)47(37)41-44-26-32(27-45-41)46-36-17-10-9-16-33(36)40-39(46)18-11-23-43-40/h3-27H,1-2H3. The predicted octanol–water partition coefficient (Wildman–Crippen LogP) is 9.75. The molecule has 224 valence electrons. The van der Waals surface area contributed by atoms with Gasteiger partial charge < -0.3 is 4.57 Å². The first-order chi connectivity index (χ1) is 23.1. The van der Waals surface area contributed by atoms with Crippen molar-refractivity contribution in [1.82, 2.24) is 19.5 Å². The van der Waals surface area contributed by atoms with Crippen molar-refractivity contribution in [3.63, 3.8) is 0 Å². The lowest BCUT2D eigenvalue weighted by Crippen LogP contribution is -2.38. The van der Waals surface area contributed by atoms with E-state index >= 15 is 0 Å². The van der Waals surface area contributed by atoms with Gasteiger partial charge in [-0.2, -0.15) is 0 Å². The van der Waals surface area contributed by atoms with Crippen molar-refractivity contribution in [3.8, 4) is 5.69 Å². The van der Waals surface area contributed by atoms with Gasteiger partial charge in [-0.25, -0.2) is 9.97 Å². The van der Waals surface area contributed by atoms with Gasteiger partial charge in [-0.1, -0.05) is 114 Å². The topological polar surface area (TPSA) is 46.8 Å². The van der Waals surface area contributed by atoms with Crippen molar-refractivity contribution < 1.29 is 0 Å². The summed E-state index contributed by atoms with van der Waals surface area (Å²) in [6.07, 6.45) is 5.71. The smallest absolute Gasteiger partial charge is 0.234 e. The number of hydrogen-bond donors (Lipinski definition) is 0. The Bertz CT molecular complexity index is 2280. The molecule has 0 saturated carbocycles. The van der Waals surface area contributed by atoms with Gasteiger partial charge in [0.25, 0.3) is 0 Å². The second-order valence-corrected chi connectivity index (χ2v) is 12.3. The zero-order chi connectivity index (χ0) is 31.5. The number of aromatic nitrogens is 4. The molecule has 1 aliphatic heterocycles. The fourth-order valence-electron chi connectivity index (χ4n) is 7.55. The molecule has 0 saturated heterocycles. The average Bonchev–Trinajstić information content (AvgIpc) is 3.46. The Balaban J connectivity index is 1.29. The molecule has 8 aromatic rings. The van der Waals surface area contributed by atoms with E-state index in [9.17, 15) is 0 Å². The summed E-state index contributed by atoms with van der Waals surface area (Å²) in [5, 5.41) is 1.11. The van der Waals surface area contributed by atoms with Crippen LogP contribution >= 0.6 is 0 Å². The molecule has 47 heavy (non-hydrogen) atoms. The minimum atomic E-state index is -0.544. The molecule has 9 rings (SSSR count). The lowest BCUT2D eigenvalue weighted by atomic mass is 9.62. The first kappa shape index (κ1) is 27.3. The number of nitrogens with zero attached hydrogens (tertiary/aromatic N) is 5. The molecule has 4 heterocycles. The summed E-state index contributed by atoms with van der Waals surface area (Å²) in [6, 6.07) is 47.7. The number of fused-ring (bicyclic) bond motifs is 5. The van der Waals surface area contributed by atoms with Crippen molar-refractivity contribution in [3.05, 3.63) is 185 Å². The summed E-state index contributed by atoms with van der Waals surface area (Å²) in [6.45, 7) is 4.34. The van der Waals surface area contributed by atoms with Gasteiger partial charge in [0.15, 0.2) is 0 Å². The van der Waals surface area contributed by atoms with Crippen molar-refractivity contribution >= 4 is 39.3 Å². The molecule has 0 unspecified atom stereocenters. The molecule has 0 N–H and O–H groups in total. The third-order valence-corrected chi connectivity index (χ3v) is 9.52. The molecule has 0 spiro atoms. The van der Waals surface area contributed by atoms with Gasteiger partial charge in [-0.15, -0.1) is 0 Å². The molecule has 0 amide bonds. The van der Waals surface area contributed by atoms with Gasteiger partial charge in [0, 0.05) is 11.6 Å². The van der Waals surface area contributed by atoms with E-state index in [4.69, 9.17) is 15.0 Å². The number of rotatable bonds is 4. The van der Waals surface area contributed by atoms with E-state index in [2.05, 4.69) is 151 Å². The zero-order valence-corrected chi connectivity index (χ0v) is 26.2. The first-order valence-electron chi connectivity index (χ1n) is 15.9. The summed E-state index contributed by atoms with van der Waals surface area (Å²) in [7, 11) is 0. The molecule has 5 heteroatoms. The normalized spacial score (nSPS) is 13.4. The average molecular weight is 606 g/mol. The molecule has 0 radical (unpaired) electrons. The molecule has 3 aromatic heterocycles. The number of aryl methyl sites for hydroxylation is 2. The first-order valence-corrected chi connectivity index (χ1v) is 15.9. The van der Waals surface area contributed by atoms with Gasteiger partial charge in [0.05, 0.1) is 51.4 Å². The second-order valence-electron chi connectivity index (χ2n) is 12.3. The third-order valence-electron chi connectivity index (χ3n) is 9.52. The fraction of sp³-hybridized carbons (Fsp3) is 0.0714. The van der Waals surface area contributed by atoms with Crippen LogP contribution in [0.3, 0.4) is 0 Å². The summed E-state index contributed by atoms with van der Waals surface area (Å²) >= 11 is 0. The molecule has 1 aliphatic rings. The van der Waals surface area contributed by atoms with Crippen LogP contribution in [-0.2, 0) is 5.41 Å². The molecular weight excluding hydrogens is 574 g/mol. The van der Waals surface area contributed by atoms with E-state index in [1.165, 1.54) is 33.4 Å². The molecule has 5 nitrogen and oxygen atoms in total. The summed E-state index contributed by atoms with van der Waals surface area (Å²) in [5.41, 5.74) is 12.8. The second kappa shape index (κ2) is 10.5. The predicted molar refractivity (Wildman–Crippen MR) is 190 cm³/mol. The molecular formula is C42H31N5. The SMILES string of the molecule is Cc1ccc2c(c1)C(c1ccccc1)(c1ccccc1)c1cc(C)ccc1N2c1ncc(-n2c3ccccc3c3ncccc32)cn1. The van der Waals surface area contributed by atoms with E-state index in [0.29, 0.717) is 5.95 Å². The fourth-order valence-corrected chi connectivity index (χ4v) is 7.55. The lowest BCUT2D eigenvalue weighted by molar-refractivity contribution is 0.726. The maximum atomic E-state index is 5.08. The molecule has 5 aromatic carbocycles. The van der Waals surface area contributed by atoms with E-state index in [1.54, 1.807) is 0 Å². The van der Waals surface area contributed by atoms with Crippen LogP contribution in [0.25, 0.3) is 27.6 Å². The van der Waals surface area contributed by atoms with Crippen LogP contribution in [0.1, 0.15) is 33.4 Å². The zero-order valence-electron chi connectivity index (χ0n) is 26.2. The Kier molecular flexibility index (Phi) is 6.09. The lowest BCUT2D eigenvalue weighted by Gasteiger charge is -2.46. The van der Waals surface area contributed by atoms with Gasteiger partial charge in [-0.05, 0) is 66.4 Å². The Morgan fingerprint density at radius 2 is 1.09 bits per heavy atom. The Morgan fingerprint density at radius 1 is 0.532 bits per heavy atom. The summed E-state index contributed by atoms with van der Waals surface area (Å²) in [5.74, 6) is 0.623. The number of pyridine rings is 1. The molecule has 0 fully saturated rings. The minimum absolute atomic E-state index is 0.544. The molecule has 0 atom stereocenters. The van der Waals surface area contributed by atoms with E-state index < -0.39 is 5.41 Å². The van der Waals surface area contributed by atoms with Crippen molar-refractivity contribution in [2.24, 2.45) is 0 Å². The highest BCUT2D eigenvalue weighted by Crippen LogP contribution is 2.57. The van der Waals surface area contributed by atoms with Crippen LogP contribution in [0.15, 0.2) is 152 Å². The Morgan fingerprint density at radius 3 is 1.70 bits per heavy atom. The van der Waals surface area contributed by atoms with Gasteiger partial charge in [-0.3, -0.25) is 9.88 Å². The maximum Gasteiger partial charge on any atom is 0.234 e.